The minimum absolute atomic E-state index is 0.127. The highest BCUT2D eigenvalue weighted by molar-refractivity contribution is 5.43. The van der Waals surface area contributed by atoms with Crippen LogP contribution in [0.2, 0.25) is 0 Å². The zero-order valence-electron chi connectivity index (χ0n) is 8.18. The van der Waals surface area contributed by atoms with Gasteiger partial charge >= 0.3 is 0 Å². The van der Waals surface area contributed by atoms with Crippen molar-refractivity contribution in [3.05, 3.63) is 39.4 Å². The van der Waals surface area contributed by atoms with Crippen molar-refractivity contribution in [1.82, 2.24) is 0 Å². The largest absolute Gasteiger partial charge is 0.364 e. The van der Waals surface area contributed by atoms with Crippen LogP contribution in [-0.4, -0.2) is 11.0 Å². The van der Waals surface area contributed by atoms with Crippen molar-refractivity contribution in [2.45, 2.75) is 31.5 Å². The average Bonchev–Trinajstić information content (AvgIpc) is 2.96. The Balaban J connectivity index is 2.05. The molecule has 0 aromatic heterocycles. The highest BCUT2D eigenvalue weighted by Crippen LogP contribution is 2.46. The summed E-state index contributed by atoms with van der Waals surface area (Å²) < 4.78 is 5.50. The number of epoxide rings is 1. The van der Waals surface area contributed by atoms with Crippen molar-refractivity contribution in [3.8, 4) is 0 Å². The van der Waals surface area contributed by atoms with E-state index in [1.165, 1.54) is 5.56 Å². The number of non-ortho nitro benzene ring substituents is 1. The van der Waals surface area contributed by atoms with Crippen LogP contribution in [0.4, 0.5) is 5.69 Å². The SMILES string of the molecule is O=[N+]([O-])c1ccc2c(c1)[C@H]1O[C@H]1CCC2. The predicted molar refractivity (Wildman–Crippen MR) is 53.6 cm³/mol. The summed E-state index contributed by atoms with van der Waals surface area (Å²) in [7, 11) is 0. The second-order valence-electron chi connectivity index (χ2n) is 4.13. The van der Waals surface area contributed by atoms with Crippen LogP contribution >= 0.6 is 0 Å². The lowest BCUT2D eigenvalue weighted by molar-refractivity contribution is -0.384. The molecule has 1 fully saturated rings. The lowest BCUT2D eigenvalue weighted by atomic mass is 10.0. The van der Waals surface area contributed by atoms with E-state index in [1.807, 2.05) is 6.07 Å². The Bertz CT molecular complexity index is 430. The van der Waals surface area contributed by atoms with E-state index in [4.69, 9.17) is 4.74 Å². The summed E-state index contributed by atoms with van der Waals surface area (Å²) in [4.78, 5) is 10.3. The third-order valence-corrected chi connectivity index (χ3v) is 3.16. The van der Waals surface area contributed by atoms with Crippen molar-refractivity contribution in [1.29, 1.82) is 0 Å². The second kappa shape index (κ2) is 3.03. The molecule has 0 N–H and O–H groups in total. The molecule has 1 heterocycles. The number of nitrogens with zero attached hydrogens (tertiary/aromatic N) is 1. The number of aryl methyl sites for hydroxylation is 1. The first-order chi connectivity index (χ1) is 7.25. The third kappa shape index (κ3) is 1.41. The van der Waals surface area contributed by atoms with Crippen molar-refractivity contribution < 1.29 is 9.66 Å². The molecule has 2 aliphatic rings. The first kappa shape index (κ1) is 8.85. The monoisotopic (exact) mass is 205 g/mol. The number of benzene rings is 1. The zero-order chi connectivity index (χ0) is 10.4. The average molecular weight is 205 g/mol. The maximum Gasteiger partial charge on any atom is 0.269 e. The van der Waals surface area contributed by atoms with E-state index < -0.39 is 0 Å². The molecule has 1 aliphatic carbocycles. The van der Waals surface area contributed by atoms with E-state index >= 15 is 0 Å². The number of nitro benzene ring substituents is 1. The van der Waals surface area contributed by atoms with Gasteiger partial charge in [-0.05, 0) is 30.4 Å². The number of hydrogen-bond donors (Lipinski definition) is 0. The van der Waals surface area contributed by atoms with Gasteiger partial charge in [0.05, 0.1) is 11.0 Å². The molecule has 0 saturated carbocycles. The lowest BCUT2D eigenvalue weighted by Crippen LogP contribution is -1.95. The zero-order valence-corrected chi connectivity index (χ0v) is 8.18. The van der Waals surface area contributed by atoms with Crippen molar-refractivity contribution >= 4 is 5.69 Å². The molecule has 1 aromatic rings. The van der Waals surface area contributed by atoms with E-state index in [0.717, 1.165) is 24.8 Å². The number of rotatable bonds is 1. The van der Waals surface area contributed by atoms with E-state index in [-0.39, 0.29) is 16.7 Å². The van der Waals surface area contributed by atoms with Gasteiger partial charge in [-0.25, -0.2) is 0 Å². The minimum Gasteiger partial charge on any atom is -0.364 e. The summed E-state index contributed by atoms with van der Waals surface area (Å²) in [5, 5.41) is 10.7. The van der Waals surface area contributed by atoms with Gasteiger partial charge in [0.15, 0.2) is 0 Å². The van der Waals surface area contributed by atoms with Gasteiger partial charge in [-0.15, -0.1) is 0 Å². The van der Waals surface area contributed by atoms with Gasteiger partial charge in [0.25, 0.3) is 5.69 Å². The summed E-state index contributed by atoms with van der Waals surface area (Å²) in [6.07, 6.45) is 3.65. The Morgan fingerprint density at radius 3 is 3.13 bits per heavy atom. The van der Waals surface area contributed by atoms with E-state index in [9.17, 15) is 10.1 Å². The van der Waals surface area contributed by atoms with Gasteiger partial charge in [0.1, 0.15) is 6.10 Å². The van der Waals surface area contributed by atoms with Gasteiger partial charge in [-0.3, -0.25) is 10.1 Å². The Kier molecular flexibility index (Phi) is 1.79. The first-order valence-electron chi connectivity index (χ1n) is 5.18. The quantitative estimate of drug-likeness (QED) is 0.401. The second-order valence-corrected chi connectivity index (χ2v) is 4.13. The fourth-order valence-electron chi connectivity index (χ4n) is 2.32. The van der Waals surface area contributed by atoms with E-state index in [2.05, 4.69) is 0 Å². The molecule has 78 valence electrons. The Labute approximate surface area is 87.0 Å². The van der Waals surface area contributed by atoms with Gasteiger partial charge < -0.3 is 4.74 Å². The molecule has 1 aromatic carbocycles. The van der Waals surface area contributed by atoms with Crippen LogP contribution < -0.4 is 0 Å². The molecule has 0 radical (unpaired) electrons. The molecular formula is C11H11NO3. The topological polar surface area (TPSA) is 55.7 Å². The first-order valence-corrected chi connectivity index (χ1v) is 5.18. The molecular weight excluding hydrogens is 194 g/mol. The Morgan fingerprint density at radius 2 is 2.33 bits per heavy atom. The van der Waals surface area contributed by atoms with Crippen LogP contribution in [0, 0.1) is 10.1 Å². The molecule has 1 saturated heterocycles. The number of fused-ring (bicyclic) bond motifs is 3. The van der Waals surface area contributed by atoms with Crippen molar-refractivity contribution in [3.63, 3.8) is 0 Å². The molecule has 3 rings (SSSR count). The molecule has 1 aliphatic heterocycles. The number of hydrogen-bond acceptors (Lipinski definition) is 3. The van der Waals surface area contributed by atoms with Crippen LogP contribution in [-0.2, 0) is 11.2 Å². The fraction of sp³-hybridized carbons (Fsp3) is 0.455. The maximum absolute atomic E-state index is 10.7. The molecule has 0 amide bonds. The van der Waals surface area contributed by atoms with Crippen molar-refractivity contribution in [2.75, 3.05) is 0 Å². The minimum atomic E-state index is -0.345. The molecule has 2 atom stereocenters. The maximum atomic E-state index is 10.7. The summed E-state index contributed by atoms with van der Waals surface area (Å²) in [5.41, 5.74) is 2.42. The van der Waals surface area contributed by atoms with Crippen LogP contribution in [0.25, 0.3) is 0 Å². The highest BCUT2D eigenvalue weighted by Gasteiger charge is 2.42. The molecule has 0 unspecified atom stereocenters. The molecule has 4 heteroatoms. The number of nitro groups is 1. The van der Waals surface area contributed by atoms with Crippen LogP contribution in [0.15, 0.2) is 18.2 Å². The van der Waals surface area contributed by atoms with Crippen LogP contribution in [0.1, 0.15) is 30.1 Å². The number of ether oxygens (including phenoxy) is 1. The van der Waals surface area contributed by atoms with Gasteiger partial charge in [0.2, 0.25) is 0 Å². The normalized spacial score (nSPS) is 27.5. The lowest BCUT2D eigenvalue weighted by Gasteiger charge is -2.04. The molecule has 0 spiro atoms. The van der Waals surface area contributed by atoms with Gasteiger partial charge in [0, 0.05) is 12.1 Å². The van der Waals surface area contributed by atoms with Crippen LogP contribution in [0.3, 0.4) is 0 Å². The predicted octanol–water partition coefficient (Wildman–Crippen LogP) is 2.37. The summed E-state index contributed by atoms with van der Waals surface area (Å²) >= 11 is 0. The van der Waals surface area contributed by atoms with E-state index in [0.29, 0.717) is 6.10 Å². The Hall–Kier alpha value is -1.42. The third-order valence-electron chi connectivity index (χ3n) is 3.16. The molecule has 15 heavy (non-hydrogen) atoms. The summed E-state index contributed by atoms with van der Waals surface area (Å²) in [6, 6.07) is 5.13. The molecule has 0 bridgehead atoms. The van der Waals surface area contributed by atoms with Crippen molar-refractivity contribution in [2.24, 2.45) is 0 Å². The van der Waals surface area contributed by atoms with Gasteiger partial charge in [-0.2, -0.15) is 0 Å². The van der Waals surface area contributed by atoms with E-state index in [1.54, 1.807) is 12.1 Å². The standard InChI is InChI=1S/C11H11NO3/c13-12(14)8-5-4-7-2-1-3-10-11(15-10)9(7)6-8/h4-6,10-11H,1-3H2/t10-,11+/m0/s1. The molecule has 4 nitrogen and oxygen atoms in total. The summed E-state index contributed by atoms with van der Waals surface area (Å²) in [6.45, 7) is 0. The smallest absolute Gasteiger partial charge is 0.269 e. The highest BCUT2D eigenvalue weighted by atomic mass is 16.6. The Morgan fingerprint density at radius 1 is 1.47 bits per heavy atom. The summed E-state index contributed by atoms with van der Waals surface area (Å²) in [5.74, 6) is 0. The van der Waals surface area contributed by atoms with Crippen LogP contribution in [0.5, 0.6) is 0 Å². The van der Waals surface area contributed by atoms with Gasteiger partial charge in [-0.1, -0.05) is 6.07 Å². The fourth-order valence-corrected chi connectivity index (χ4v) is 2.32.